The van der Waals surface area contributed by atoms with Crippen molar-refractivity contribution in [2.75, 3.05) is 0 Å². The first kappa shape index (κ1) is 33.9. The van der Waals surface area contributed by atoms with Crippen LogP contribution in [0.5, 0.6) is 0 Å². The maximum atomic E-state index is 5.22. The summed E-state index contributed by atoms with van der Waals surface area (Å²) in [6.07, 6.45) is 0. The topological polar surface area (TPSA) is 43.6 Å². The molecule has 1 aliphatic carbocycles. The average Bonchev–Trinajstić information content (AvgIpc) is 3.75. The van der Waals surface area contributed by atoms with Crippen LogP contribution in [0.25, 0.3) is 95.0 Å². The van der Waals surface area contributed by atoms with Crippen molar-refractivity contribution in [2.45, 2.75) is 19.3 Å². The summed E-state index contributed by atoms with van der Waals surface area (Å²) < 4.78 is 2.40. The van der Waals surface area contributed by atoms with Crippen molar-refractivity contribution in [1.82, 2.24) is 19.5 Å². The molecule has 10 aromatic rings. The van der Waals surface area contributed by atoms with Gasteiger partial charge in [0.2, 0.25) is 0 Å². The van der Waals surface area contributed by atoms with Crippen molar-refractivity contribution in [3.8, 4) is 73.2 Å². The zero-order chi connectivity index (χ0) is 38.8. The number of rotatable bonds is 6. The summed E-state index contributed by atoms with van der Waals surface area (Å²) in [5.74, 6) is 1.90. The molecule has 4 heteroatoms. The molecule has 58 heavy (non-hydrogen) atoms. The van der Waals surface area contributed by atoms with E-state index in [0.29, 0.717) is 17.5 Å². The van der Waals surface area contributed by atoms with Gasteiger partial charge in [-0.25, -0.2) is 15.0 Å². The Balaban J connectivity index is 1.20. The normalized spacial score (nSPS) is 12.8. The van der Waals surface area contributed by atoms with Crippen molar-refractivity contribution in [2.24, 2.45) is 0 Å². The molecule has 0 N–H and O–H groups in total. The third-order valence-electron chi connectivity index (χ3n) is 11.9. The molecule has 0 spiro atoms. The van der Waals surface area contributed by atoms with E-state index in [0.717, 1.165) is 44.4 Å². The third-order valence-corrected chi connectivity index (χ3v) is 11.9. The zero-order valence-corrected chi connectivity index (χ0v) is 32.3. The third kappa shape index (κ3) is 5.41. The Hall–Kier alpha value is -7.43. The average molecular weight is 743 g/mol. The van der Waals surface area contributed by atoms with Crippen molar-refractivity contribution in [1.29, 1.82) is 0 Å². The van der Waals surface area contributed by atoms with E-state index in [9.17, 15) is 0 Å². The fourth-order valence-corrected chi connectivity index (χ4v) is 9.06. The number of aromatic nitrogens is 4. The van der Waals surface area contributed by atoms with Gasteiger partial charge in [-0.1, -0.05) is 178 Å². The van der Waals surface area contributed by atoms with E-state index >= 15 is 0 Å². The first-order chi connectivity index (χ1) is 28.5. The van der Waals surface area contributed by atoms with E-state index in [1.54, 1.807) is 0 Å². The van der Waals surface area contributed by atoms with Crippen LogP contribution in [0, 0.1) is 0 Å². The summed E-state index contributed by atoms with van der Waals surface area (Å²) in [5.41, 5.74) is 16.1. The number of hydrogen-bond acceptors (Lipinski definition) is 3. The number of fused-ring (bicyclic) bond motifs is 6. The summed E-state index contributed by atoms with van der Waals surface area (Å²) in [6.45, 7) is 4.69. The number of nitrogens with zero attached hydrogens (tertiary/aromatic N) is 4. The van der Waals surface area contributed by atoms with Gasteiger partial charge in [0.05, 0.1) is 11.0 Å². The summed E-state index contributed by atoms with van der Waals surface area (Å²) in [5, 5.41) is 2.30. The van der Waals surface area contributed by atoms with Gasteiger partial charge in [0.1, 0.15) is 0 Å². The summed E-state index contributed by atoms with van der Waals surface area (Å²) in [4.78, 5) is 15.5. The number of benzene rings is 8. The Bertz CT molecular complexity index is 3120. The van der Waals surface area contributed by atoms with Crippen LogP contribution < -0.4 is 0 Å². The van der Waals surface area contributed by atoms with E-state index in [-0.39, 0.29) is 5.41 Å². The molecule has 0 atom stereocenters. The predicted octanol–water partition coefficient (Wildman–Crippen LogP) is 13.6. The standard InChI is InChI=1S/C54H38N4/c1-54(2)46-29-13-12-25-43(46)49-41(26-16-30-47(49)54)39-31-32-48-45(34-39)42-27-15-28-44(50(42)58(48)40-24-14-23-38(33-40)35-17-6-3-7-18-35)53-56-51(36-19-8-4-9-20-36)55-52(57-53)37-21-10-5-11-22-37/h3-34H,1-2H3. The lowest BCUT2D eigenvalue weighted by atomic mass is 9.82. The maximum Gasteiger partial charge on any atom is 0.166 e. The lowest BCUT2D eigenvalue weighted by Gasteiger charge is -2.21. The van der Waals surface area contributed by atoms with Gasteiger partial charge in [-0.3, -0.25) is 0 Å². The highest BCUT2D eigenvalue weighted by Crippen LogP contribution is 2.52. The number of para-hydroxylation sites is 1. The molecule has 2 aromatic heterocycles. The van der Waals surface area contributed by atoms with Gasteiger partial charge in [-0.15, -0.1) is 0 Å². The van der Waals surface area contributed by atoms with Crippen LogP contribution in [-0.4, -0.2) is 19.5 Å². The van der Waals surface area contributed by atoms with Crippen LogP contribution >= 0.6 is 0 Å². The van der Waals surface area contributed by atoms with E-state index < -0.39 is 0 Å². The van der Waals surface area contributed by atoms with Crippen molar-refractivity contribution in [3.05, 3.63) is 205 Å². The highest BCUT2D eigenvalue weighted by Gasteiger charge is 2.36. The molecule has 8 aromatic carbocycles. The quantitative estimate of drug-likeness (QED) is 0.170. The van der Waals surface area contributed by atoms with E-state index in [2.05, 4.69) is 176 Å². The second kappa shape index (κ2) is 13.4. The van der Waals surface area contributed by atoms with Crippen LogP contribution in [0.1, 0.15) is 25.0 Å². The molecule has 0 fully saturated rings. The van der Waals surface area contributed by atoms with Crippen molar-refractivity contribution >= 4 is 21.8 Å². The molecule has 4 nitrogen and oxygen atoms in total. The minimum atomic E-state index is -0.0809. The lowest BCUT2D eigenvalue weighted by molar-refractivity contribution is 0.660. The first-order valence-electron chi connectivity index (χ1n) is 19.9. The highest BCUT2D eigenvalue weighted by molar-refractivity contribution is 6.14. The Morgan fingerprint density at radius 1 is 0.379 bits per heavy atom. The van der Waals surface area contributed by atoms with Gasteiger partial charge in [0, 0.05) is 38.6 Å². The Morgan fingerprint density at radius 3 is 1.66 bits per heavy atom. The van der Waals surface area contributed by atoms with Crippen LogP contribution in [0.3, 0.4) is 0 Å². The molecule has 0 radical (unpaired) electrons. The molecule has 0 saturated carbocycles. The summed E-state index contributed by atoms with van der Waals surface area (Å²) >= 11 is 0. The highest BCUT2D eigenvalue weighted by atomic mass is 15.0. The molecule has 0 unspecified atom stereocenters. The molecule has 274 valence electrons. The smallest absolute Gasteiger partial charge is 0.166 e. The Morgan fingerprint density at radius 2 is 0.931 bits per heavy atom. The molecule has 0 aliphatic heterocycles. The fraction of sp³-hybridized carbons (Fsp3) is 0.0556. The van der Waals surface area contributed by atoms with Crippen molar-refractivity contribution in [3.63, 3.8) is 0 Å². The second-order valence-electron chi connectivity index (χ2n) is 15.6. The minimum absolute atomic E-state index is 0.0809. The number of hydrogen-bond donors (Lipinski definition) is 0. The van der Waals surface area contributed by atoms with Crippen LogP contribution in [0.2, 0.25) is 0 Å². The van der Waals surface area contributed by atoms with Crippen LogP contribution in [0.4, 0.5) is 0 Å². The predicted molar refractivity (Wildman–Crippen MR) is 239 cm³/mol. The SMILES string of the molecule is CC1(C)c2ccccc2-c2c(-c3ccc4c(c3)c3cccc(-c5nc(-c6ccccc6)nc(-c6ccccc6)n5)c3n4-c3cccc(-c4ccccc4)c3)cccc21. The Labute approximate surface area is 337 Å². The van der Waals surface area contributed by atoms with E-state index in [1.807, 2.05) is 36.4 Å². The molecule has 1 aliphatic rings. The first-order valence-corrected chi connectivity index (χ1v) is 19.9. The lowest BCUT2D eigenvalue weighted by Crippen LogP contribution is -2.14. The van der Waals surface area contributed by atoms with Gasteiger partial charge in [0.25, 0.3) is 0 Å². The minimum Gasteiger partial charge on any atom is -0.308 e. The monoisotopic (exact) mass is 742 g/mol. The van der Waals surface area contributed by atoms with Gasteiger partial charge in [-0.2, -0.15) is 0 Å². The van der Waals surface area contributed by atoms with E-state index in [1.165, 1.54) is 44.3 Å². The van der Waals surface area contributed by atoms with Gasteiger partial charge >= 0.3 is 0 Å². The zero-order valence-electron chi connectivity index (χ0n) is 32.3. The van der Waals surface area contributed by atoms with Gasteiger partial charge in [0.15, 0.2) is 17.5 Å². The summed E-state index contributed by atoms with van der Waals surface area (Å²) in [7, 11) is 0. The van der Waals surface area contributed by atoms with Crippen LogP contribution in [0.15, 0.2) is 194 Å². The van der Waals surface area contributed by atoms with E-state index in [4.69, 9.17) is 15.0 Å². The molecular weight excluding hydrogens is 705 g/mol. The molecule has 0 saturated heterocycles. The second-order valence-corrected chi connectivity index (χ2v) is 15.6. The maximum absolute atomic E-state index is 5.22. The Kier molecular flexibility index (Phi) is 7.80. The van der Waals surface area contributed by atoms with Crippen molar-refractivity contribution < 1.29 is 0 Å². The van der Waals surface area contributed by atoms with Gasteiger partial charge in [-0.05, 0) is 74.8 Å². The molecule has 0 bridgehead atoms. The molecule has 11 rings (SSSR count). The largest absolute Gasteiger partial charge is 0.308 e. The molecular formula is C54H38N4. The summed E-state index contributed by atoms with van der Waals surface area (Å²) in [6, 6.07) is 69.0. The van der Waals surface area contributed by atoms with Crippen LogP contribution in [-0.2, 0) is 5.41 Å². The molecule has 0 amide bonds. The fourth-order valence-electron chi connectivity index (χ4n) is 9.06. The molecule has 2 heterocycles. The van der Waals surface area contributed by atoms with Gasteiger partial charge < -0.3 is 4.57 Å².